The second-order valence-electron chi connectivity index (χ2n) is 5.81. The molecule has 0 aromatic carbocycles. The van der Waals surface area contributed by atoms with E-state index in [4.69, 9.17) is 4.74 Å². The Kier molecular flexibility index (Phi) is 3.77. The summed E-state index contributed by atoms with van der Waals surface area (Å²) in [4.78, 5) is 11.8. The molecule has 1 atom stereocenters. The Hall–Kier alpha value is -0.570. The summed E-state index contributed by atoms with van der Waals surface area (Å²) in [7, 11) is 0. The van der Waals surface area contributed by atoms with E-state index in [1.54, 1.807) is 0 Å². The summed E-state index contributed by atoms with van der Waals surface area (Å²) in [5.41, 5.74) is -0.206. The van der Waals surface area contributed by atoms with Gasteiger partial charge in [-0.1, -0.05) is 20.8 Å². The lowest BCUT2D eigenvalue weighted by atomic mass is 9.93. The number of hydrogen-bond donors (Lipinski definition) is 1. The summed E-state index contributed by atoms with van der Waals surface area (Å²) in [6, 6.07) is 0. The van der Waals surface area contributed by atoms with Gasteiger partial charge in [-0.25, -0.2) is 0 Å². The van der Waals surface area contributed by atoms with Crippen LogP contribution >= 0.6 is 0 Å². The van der Waals surface area contributed by atoms with Gasteiger partial charge >= 0.3 is 5.97 Å². The van der Waals surface area contributed by atoms with Gasteiger partial charge in [0, 0.05) is 0 Å². The Morgan fingerprint density at radius 2 is 2.13 bits per heavy atom. The van der Waals surface area contributed by atoms with Crippen LogP contribution in [0.1, 0.15) is 47.0 Å². The third-order valence-corrected chi connectivity index (χ3v) is 2.90. The highest BCUT2D eigenvalue weighted by atomic mass is 16.5. The molecule has 1 aliphatic heterocycles. The fourth-order valence-corrected chi connectivity index (χ4v) is 1.68. The van der Waals surface area contributed by atoms with Gasteiger partial charge in [-0.3, -0.25) is 4.79 Å². The van der Waals surface area contributed by atoms with Crippen LogP contribution in [0.3, 0.4) is 0 Å². The summed E-state index contributed by atoms with van der Waals surface area (Å²) in [6.07, 6.45) is 2.86. The molecule has 1 rings (SSSR count). The first-order valence-electron chi connectivity index (χ1n) is 5.76. The molecular formula is C12H23NO2. The lowest BCUT2D eigenvalue weighted by Crippen LogP contribution is -2.45. The maximum atomic E-state index is 11.8. The van der Waals surface area contributed by atoms with E-state index in [2.05, 4.69) is 26.1 Å². The van der Waals surface area contributed by atoms with E-state index in [1.165, 1.54) is 0 Å². The molecule has 0 amide bonds. The molecule has 15 heavy (non-hydrogen) atoms. The number of hydrogen-bond acceptors (Lipinski definition) is 3. The largest absolute Gasteiger partial charge is 0.464 e. The highest BCUT2D eigenvalue weighted by Crippen LogP contribution is 2.22. The molecule has 3 nitrogen and oxygen atoms in total. The van der Waals surface area contributed by atoms with Crippen LogP contribution in [0.15, 0.2) is 0 Å². The first-order chi connectivity index (χ1) is 6.83. The molecule has 88 valence electrons. The summed E-state index contributed by atoms with van der Waals surface area (Å²) in [5.74, 6) is -0.0933. The quantitative estimate of drug-likeness (QED) is 0.730. The Morgan fingerprint density at radius 1 is 1.47 bits per heavy atom. The zero-order valence-electron chi connectivity index (χ0n) is 10.4. The molecule has 1 saturated heterocycles. The van der Waals surface area contributed by atoms with Crippen molar-refractivity contribution in [3.8, 4) is 0 Å². The van der Waals surface area contributed by atoms with E-state index in [9.17, 15) is 4.79 Å². The smallest absolute Gasteiger partial charge is 0.326 e. The minimum Gasteiger partial charge on any atom is -0.464 e. The van der Waals surface area contributed by atoms with E-state index in [1.807, 2.05) is 6.92 Å². The zero-order chi connectivity index (χ0) is 11.5. The Labute approximate surface area is 92.6 Å². The third-order valence-electron chi connectivity index (χ3n) is 2.90. The van der Waals surface area contributed by atoms with Crippen LogP contribution in [0.5, 0.6) is 0 Å². The molecular weight excluding hydrogens is 190 g/mol. The van der Waals surface area contributed by atoms with Crippen molar-refractivity contribution in [2.45, 2.75) is 52.5 Å². The van der Waals surface area contributed by atoms with Gasteiger partial charge in [0.05, 0.1) is 6.61 Å². The fraction of sp³-hybridized carbons (Fsp3) is 0.917. The molecule has 1 heterocycles. The van der Waals surface area contributed by atoms with Crippen molar-refractivity contribution in [1.82, 2.24) is 5.32 Å². The van der Waals surface area contributed by atoms with Gasteiger partial charge in [0.1, 0.15) is 5.54 Å². The van der Waals surface area contributed by atoms with E-state index in [0.29, 0.717) is 6.61 Å². The SMILES string of the molecule is CC(C)(C)CCOC(=O)C1(C)CCCN1. The van der Waals surface area contributed by atoms with Gasteiger partial charge in [0.2, 0.25) is 0 Å². The molecule has 0 spiro atoms. The molecule has 1 unspecified atom stereocenters. The van der Waals surface area contributed by atoms with Crippen molar-refractivity contribution in [1.29, 1.82) is 0 Å². The van der Waals surface area contributed by atoms with Gasteiger partial charge in [0.15, 0.2) is 0 Å². The van der Waals surface area contributed by atoms with Crippen molar-refractivity contribution in [3.05, 3.63) is 0 Å². The summed E-state index contributed by atoms with van der Waals surface area (Å²) in [5, 5.41) is 3.21. The average Bonchev–Trinajstić information content (AvgIpc) is 2.51. The predicted molar refractivity (Wildman–Crippen MR) is 60.7 cm³/mol. The van der Waals surface area contributed by atoms with Crippen LogP contribution in [-0.2, 0) is 9.53 Å². The predicted octanol–water partition coefficient (Wildman–Crippen LogP) is 2.11. The third kappa shape index (κ3) is 3.82. The standard InChI is InChI=1S/C12H23NO2/c1-11(2,3)7-9-15-10(14)12(4)6-5-8-13-12/h13H,5-9H2,1-4H3. The molecule has 0 saturated carbocycles. The zero-order valence-corrected chi connectivity index (χ0v) is 10.4. The van der Waals surface area contributed by atoms with Crippen LogP contribution < -0.4 is 5.32 Å². The van der Waals surface area contributed by atoms with Crippen molar-refractivity contribution in [2.24, 2.45) is 5.41 Å². The van der Waals surface area contributed by atoms with Crippen molar-refractivity contribution < 1.29 is 9.53 Å². The molecule has 0 aromatic heterocycles. The minimum absolute atomic E-state index is 0.0933. The summed E-state index contributed by atoms with van der Waals surface area (Å²) < 4.78 is 5.30. The van der Waals surface area contributed by atoms with E-state index in [-0.39, 0.29) is 11.4 Å². The van der Waals surface area contributed by atoms with Gasteiger partial charge in [-0.15, -0.1) is 0 Å². The van der Waals surface area contributed by atoms with Crippen LogP contribution in [-0.4, -0.2) is 24.7 Å². The molecule has 1 aliphatic rings. The van der Waals surface area contributed by atoms with Crippen LogP contribution in [0.2, 0.25) is 0 Å². The Balaban J connectivity index is 2.30. The maximum Gasteiger partial charge on any atom is 0.326 e. The number of ether oxygens (including phenoxy) is 1. The molecule has 0 aromatic rings. The number of carbonyl (C=O) groups is 1. The minimum atomic E-state index is -0.433. The topological polar surface area (TPSA) is 38.3 Å². The normalized spacial score (nSPS) is 26.7. The molecule has 0 bridgehead atoms. The molecule has 0 radical (unpaired) electrons. The highest BCUT2D eigenvalue weighted by molar-refractivity contribution is 5.80. The average molecular weight is 213 g/mol. The number of rotatable bonds is 3. The van der Waals surface area contributed by atoms with E-state index >= 15 is 0 Å². The summed E-state index contributed by atoms with van der Waals surface area (Å²) in [6.45, 7) is 9.83. The maximum absolute atomic E-state index is 11.8. The van der Waals surface area contributed by atoms with Crippen molar-refractivity contribution in [2.75, 3.05) is 13.2 Å². The number of carbonyl (C=O) groups excluding carboxylic acids is 1. The van der Waals surface area contributed by atoms with Crippen molar-refractivity contribution >= 4 is 5.97 Å². The van der Waals surface area contributed by atoms with Crippen LogP contribution in [0, 0.1) is 5.41 Å². The lowest BCUT2D eigenvalue weighted by molar-refractivity contribution is -0.151. The van der Waals surface area contributed by atoms with Crippen molar-refractivity contribution in [3.63, 3.8) is 0 Å². The molecule has 1 fully saturated rings. The van der Waals surface area contributed by atoms with Gasteiger partial charge in [-0.05, 0) is 38.1 Å². The van der Waals surface area contributed by atoms with Gasteiger partial charge in [0.25, 0.3) is 0 Å². The molecule has 0 aliphatic carbocycles. The van der Waals surface area contributed by atoms with Gasteiger partial charge < -0.3 is 10.1 Å². The molecule has 3 heteroatoms. The van der Waals surface area contributed by atoms with E-state index < -0.39 is 5.54 Å². The molecule has 1 N–H and O–H groups in total. The Morgan fingerprint density at radius 3 is 2.60 bits per heavy atom. The number of nitrogens with one attached hydrogen (secondary N) is 1. The first-order valence-corrected chi connectivity index (χ1v) is 5.76. The lowest BCUT2D eigenvalue weighted by Gasteiger charge is -2.23. The highest BCUT2D eigenvalue weighted by Gasteiger charge is 2.37. The fourth-order valence-electron chi connectivity index (χ4n) is 1.68. The van der Waals surface area contributed by atoms with Gasteiger partial charge in [-0.2, -0.15) is 0 Å². The van der Waals surface area contributed by atoms with Crippen LogP contribution in [0.4, 0.5) is 0 Å². The van der Waals surface area contributed by atoms with Crippen LogP contribution in [0.25, 0.3) is 0 Å². The number of esters is 1. The second kappa shape index (κ2) is 4.52. The summed E-state index contributed by atoms with van der Waals surface area (Å²) >= 11 is 0. The monoisotopic (exact) mass is 213 g/mol. The Bertz CT molecular complexity index is 224. The second-order valence-corrected chi connectivity index (χ2v) is 5.81. The first kappa shape index (κ1) is 12.5. The van der Waals surface area contributed by atoms with E-state index in [0.717, 1.165) is 25.8 Å².